The number of H-pyrrole nitrogens is 1. The maximum Gasteiger partial charge on any atom is 0.244 e. The minimum Gasteiger partial charge on any atom is -0.493 e. The van der Waals surface area contributed by atoms with Gasteiger partial charge in [0.2, 0.25) is 15.9 Å². The second kappa shape index (κ2) is 8.16. The zero-order chi connectivity index (χ0) is 21.3. The molecule has 0 radical (unpaired) electrons. The first-order valence-electron chi connectivity index (χ1n) is 10.1. The number of aromatic nitrogens is 2. The minimum absolute atomic E-state index is 0.0704. The van der Waals surface area contributed by atoms with E-state index in [-0.39, 0.29) is 16.6 Å². The van der Waals surface area contributed by atoms with Crippen LogP contribution in [0.3, 0.4) is 0 Å². The molecular weight excluding hydrogens is 402 g/mol. The van der Waals surface area contributed by atoms with Gasteiger partial charge in [-0.3, -0.25) is 0 Å². The number of sulfonamides is 1. The Morgan fingerprint density at radius 3 is 2.53 bits per heavy atom. The van der Waals surface area contributed by atoms with Gasteiger partial charge in [0.1, 0.15) is 4.90 Å². The number of fused-ring (bicyclic) bond motifs is 1. The normalized spacial score (nSPS) is 16.1. The second-order valence-electron chi connectivity index (χ2n) is 7.80. The lowest BCUT2D eigenvalue weighted by Crippen LogP contribution is -2.35. The van der Waals surface area contributed by atoms with Crippen molar-refractivity contribution in [3.63, 3.8) is 0 Å². The number of hydrogen-bond donors (Lipinski definition) is 2. The van der Waals surface area contributed by atoms with E-state index in [9.17, 15) is 13.5 Å². The van der Waals surface area contributed by atoms with Gasteiger partial charge in [-0.2, -0.15) is 4.31 Å². The molecule has 0 amide bonds. The SMILES string of the molecule is CC(C)c1ccc2[nH]c(O)c(N=Nc3ccc(S(=O)(=O)N4CCCCC4)cn3)c2c1. The molecule has 9 heteroatoms. The number of aromatic hydroxyl groups is 1. The molecule has 3 aromatic rings. The van der Waals surface area contributed by atoms with E-state index in [4.69, 9.17) is 0 Å². The summed E-state index contributed by atoms with van der Waals surface area (Å²) in [7, 11) is -3.53. The Kier molecular flexibility index (Phi) is 5.57. The van der Waals surface area contributed by atoms with E-state index in [0.717, 1.165) is 35.7 Å². The summed E-state index contributed by atoms with van der Waals surface area (Å²) in [6.07, 6.45) is 4.13. The number of nitrogens with zero attached hydrogens (tertiary/aromatic N) is 4. The lowest BCUT2D eigenvalue weighted by atomic mass is 10.0. The summed E-state index contributed by atoms with van der Waals surface area (Å²) in [6, 6.07) is 8.91. The molecule has 0 spiro atoms. The summed E-state index contributed by atoms with van der Waals surface area (Å²) >= 11 is 0. The van der Waals surface area contributed by atoms with Crippen molar-refractivity contribution in [2.24, 2.45) is 10.2 Å². The Labute approximate surface area is 175 Å². The van der Waals surface area contributed by atoms with Gasteiger partial charge in [0.05, 0.1) is 5.52 Å². The second-order valence-corrected chi connectivity index (χ2v) is 9.74. The van der Waals surface area contributed by atoms with Crippen molar-refractivity contribution in [2.75, 3.05) is 13.1 Å². The number of piperidine rings is 1. The maximum absolute atomic E-state index is 12.7. The number of benzene rings is 1. The molecule has 158 valence electrons. The topological polar surface area (TPSA) is 111 Å². The van der Waals surface area contributed by atoms with Crippen LogP contribution in [-0.2, 0) is 10.0 Å². The molecule has 4 rings (SSSR count). The molecule has 0 atom stereocenters. The van der Waals surface area contributed by atoms with Crippen LogP contribution in [0.1, 0.15) is 44.6 Å². The van der Waals surface area contributed by atoms with Crippen LogP contribution in [0.4, 0.5) is 11.5 Å². The Hall–Kier alpha value is -2.78. The van der Waals surface area contributed by atoms with Crippen LogP contribution in [-0.4, -0.2) is 40.9 Å². The smallest absolute Gasteiger partial charge is 0.244 e. The molecule has 2 aromatic heterocycles. The largest absolute Gasteiger partial charge is 0.493 e. The first-order chi connectivity index (χ1) is 14.4. The van der Waals surface area contributed by atoms with Gasteiger partial charge in [-0.1, -0.05) is 26.3 Å². The van der Waals surface area contributed by atoms with Gasteiger partial charge in [0.25, 0.3) is 0 Å². The molecule has 0 unspecified atom stereocenters. The number of aromatic amines is 1. The van der Waals surface area contributed by atoms with E-state index in [2.05, 4.69) is 34.0 Å². The van der Waals surface area contributed by atoms with Gasteiger partial charge in [0, 0.05) is 24.7 Å². The summed E-state index contributed by atoms with van der Waals surface area (Å²) in [5, 5.41) is 19.3. The van der Waals surface area contributed by atoms with E-state index in [1.54, 1.807) is 0 Å². The Morgan fingerprint density at radius 2 is 1.87 bits per heavy atom. The third-order valence-corrected chi connectivity index (χ3v) is 7.25. The van der Waals surface area contributed by atoms with Gasteiger partial charge < -0.3 is 10.1 Å². The third-order valence-electron chi connectivity index (χ3n) is 5.37. The van der Waals surface area contributed by atoms with E-state index < -0.39 is 10.0 Å². The summed E-state index contributed by atoms with van der Waals surface area (Å²) in [5.41, 5.74) is 2.23. The van der Waals surface area contributed by atoms with Crippen LogP contribution in [0.15, 0.2) is 51.7 Å². The molecule has 0 aliphatic carbocycles. The molecule has 0 bridgehead atoms. The zero-order valence-corrected chi connectivity index (χ0v) is 17.9. The number of pyridine rings is 1. The molecule has 1 aliphatic rings. The fourth-order valence-corrected chi connectivity index (χ4v) is 5.04. The summed E-state index contributed by atoms with van der Waals surface area (Å²) in [4.78, 5) is 7.18. The van der Waals surface area contributed by atoms with Crippen LogP contribution in [0.2, 0.25) is 0 Å². The van der Waals surface area contributed by atoms with Crippen molar-refractivity contribution in [3.05, 3.63) is 42.1 Å². The number of hydrogen-bond acceptors (Lipinski definition) is 6. The van der Waals surface area contributed by atoms with Crippen LogP contribution < -0.4 is 0 Å². The quantitative estimate of drug-likeness (QED) is 0.559. The highest BCUT2D eigenvalue weighted by atomic mass is 32.2. The van der Waals surface area contributed by atoms with Crippen molar-refractivity contribution in [1.82, 2.24) is 14.3 Å². The lowest BCUT2D eigenvalue weighted by Gasteiger charge is -2.25. The average molecular weight is 428 g/mol. The summed E-state index contributed by atoms with van der Waals surface area (Å²) in [6.45, 7) is 5.28. The lowest BCUT2D eigenvalue weighted by molar-refractivity contribution is 0.346. The van der Waals surface area contributed by atoms with E-state index in [1.807, 2.05) is 18.2 Å². The molecule has 1 aliphatic heterocycles. The number of rotatable bonds is 5. The standard InChI is InChI=1S/C21H25N5O3S/c1-14(2)15-6-8-18-17(12-15)20(21(27)23-18)25-24-19-9-7-16(13-22-19)30(28,29)26-10-4-3-5-11-26/h6-9,12-14,23,27H,3-5,10-11H2,1-2H3. The first-order valence-corrected chi connectivity index (χ1v) is 11.5. The van der Waals surface area contributed by atoms with Crippen LogP contribution >= 0.6 is 0 Å². The molecule has 1 saturated heterocycles. The predicted molar refractivity (Wildman–Crippen MR) is 115 cm³/mol. The number of azo groups is 1. The van der Waals surface area contributed by atoms with Crippen molar-refractivity contribution < 1.29 is 13.5 Å². The van der Waals surface area contributed by atoms with Crippen molar-refractivity contribution in [2.45, 2.75) is 43.9 Å². The summed E-state index contributed by atoms with van der Waals surface area (Å²) in [5.74, 6) is 0.535. The molecule has 30 heavy (non-hydrogen) atoms. The van der Waals surface area contributed by atoms with Gasteiger partial charge in [0.15, 0.2) is 11.5 Å². The third kappa shape index (κ3) is 3.95. The van der Waals surface area contributed by atoms with Crippen molar-refractivity contribution in [1.29, 1.82) is 0 Å². The Morgan fingerprint density at radius 1 is 1.10 bits per heavy atom. The maximum atomic E-state index is 12.7. The first kappa shape index (κ1) is 20.5. The molecular formula is C21H25N5O3S. The molecule has 1 aromatic carbocycles. The van der Waals surface area contributed by atoms with Gasteiger partial charge in [-0.05, 0) is 48.6 Å². The zero-order valence-electron chi connectivity index (χ0n) is 17.0. The predicted octanol–water partition coefficient (Wildman–Crippen LogP) is 4.98. The van der Waals surface area contributed by atoms with Crippen molar-refractivity contribution >= 4 is 32.4 Å². The van der Waals surface area contributed by atoms with Crippen LogP contribution in [0.5, 0.6) is 5.88 Å². The number of nitrogens with one attached hydrogen (secondary N) is 1. The molecule has 3 heterocycles. The van der Waals surface area contributed by atoms with Crippen LogP contribution in [0.25, 0.3) is 10.9 Å². The van der Waals surface area contributed by atoms with Gasteiger partial charge in [-0.15, -0.1) is 10.2 Å². The molecule has 0 saturated carbocycles. The van der Waals surface area contributed by atoms with Crippen LogP contribution in [0, 0.1) is 0 Å². The van der Waals surface area contributed by atoms with Gasteiger partial charge >= 0.3 is 0 Å². The monoisotopic (exact) mass is 427 g/mol. The highest BCUT2D eigenvalue weighted by Gasteiger charge is 2.26. The highest BCUT2D eigenvalue weighted by Crippen LogP contribution is 2.37. The van der Waals surface area contributed by atoms with E-state index in [0.29, 0.717) is 24.7 Å². The molecule has 8 nitrogen and oxygen atoms in total. The fourth-order valence-electron chi connectivity index (χ4n) is 3.58. The van der Waals surface area contributed by atoms with Gasteiger partial charge in [-0.25, -0.2) is 13.4 Å². The Balaban J connectivity index is 1.59. The summed E-state index contributed by atoms with van der Waals surface area (Å²) < 4.78 is 26.9. The average Bonchev–Trinajstić information content (AvgIpc) is 3.07. The molecule has 1 fully saturated rings. The molecule has 2 N–H and O–H groups in total. The van der Waals surface area contributed by atoms with E-state index in [1.165, 1.54) is 22.6 Å². The minimum atomic E-state index is -3.53. The Bertz CT molecular complexity index is 1180. The fraction of sp³-hybridized carbons (Fsp3) is 0.381. The van der Waals surface area contributed by atoms with E-state index >= 15 is 0 Å². The van der Waals surface area contributed by atoms with Crippen molar-refractivity contribution in [3.8, 4) is 5.88 Å². The highest BCUT2D eigenvalue weighted by molar-refractivity contribution is 7.89.